The van der Waals surface area contributed by atoms with Crippen molar-refractivity contribution in [3.8, 4) is 0 Å². The molecule has 3 nitrogen and oxygen atoms in total. The summed E-state index contributed by atoms with van der Waals surface area (Å²) in [5.41, 5.74) is 2.85. The Morgan fingerprint density at radius 1 is 1.25 bits per heavy atom. The zero-order valence-corrected chi connectivity index (χ0v) is 12.9. The molecule has 0 bridgehead atoms. The molecule has 0 spiro atoms. The molecule has 2 N–H and O–H groups in total. The van der Waals surface area contributed by atoms with Crippen molar-refractivity contribution in [2.75, 3.05) is 5.32 Å². The number of nitrogens with one attached hydrogen (secondary N) is 1. The molecule has 0 saturated carbocycles. The minimum absolute atomic E-state index is 0.178. The number of hydrogen-bond acceptors (Lipinski definition) is 2. The highest BCUT2D eigenvalue weighted by molar-refractivity contribution is 9.10. The van der Waals surface area contributed by atoms with Crippen molar-refractivity contribution in [1.82, 2.24) is 0 Å². The van der Waals surface area contributed by atoms with Gasteiger partial charge in [-0.25, -0.2) is 0 Å². The highest BCUT2D eigenvalue weighted by Gasteiger charge is 2.13. The van der Waals surface area contributed by atoms with Crippen molar-refractivity contribution >= 4 is 27.5 Å². The summed E-state index contributed by atoms with van der Waals surface area (Å²) in [6.45, 7) is 3.57. The van der Waals surface area contributed by atoms with Gasteiger partial charge in [-0.3, -0.25) is 4.79 Å². The summed E-state index contributed by atoms with van der Waals surface area (Å²) in [5, 5.41) is 12.6. The first-order valence-corrected chi connectivity index (χ1v) is 7.13. The molecule has 0 aliphatic rings. The maximum Gasteiger partial charge on any atom is 0.255 e. The molecule has 0 aliphatic carbocycles. The number of amides is 1. The van der Waals surface area contributed by atoms with Crippen LogP contribution in [0.4, 0.5) is 5.69 Å². The van der Waals surface area contributed by atoms with Crippen LogP contribution >= 0.6 is 15.9 Å². The summed E-state index contributed by atoms with van der Waals surface area (Å²) in [6.07, 6.45) is -0.627. The molecule has 0 fully saturated rings. The van der Waals surface area contributed by atoms with Gasteiger partial charge in [-0.05, 0) is 43.7 Å². The van der Waals surface area contributed by atoms with Crippen LogP contribution in [-0.4, -0.2) is 11.0 Å². The summed E-state index contributed by atoms with van der Waals surface area (Å²) in [4.78, 5) is 12.3. The summed E-state index contributed by atoms with van der Waals surface area (Å²) < 4.78 is 0.941. The van der Waals surface area contributed by atoms with Crippen LogP contribution in [0.1, 0.15) is 34.5 Å². The third kappa shape index (κ3) is 3.26. The minimum atomic E-state index is -0.627. The van der Waals surface area contributed by atoms with E-state index in [1.54, 1.807) is 25.1 Å². The van der Waals surface area contributed by atoms with Crippen molar-refractivity contribution in [2.24, 2.45) is 0 Å². The van der Waals surface area contributed by atoms with Crippen LogP contribution in [0.25, 0.3) is 0 Å². The van der Waals surface area contributed by atoms with Gasteiger partial charge in [-0.15, -0.1) is 0 Å². The molecule has 0 radical (unpaired) electrons. The predicted octanol–water partition coefficient (Wildman–Crippen LogP) is 4.06. The van der Waals surface area contributed by atoms with Crippen LogP contribution in [0.5, 0.6) is 0 Å². The quantitative estimate of drug-likeness (QED) is 0.889. The highest BCUT2D eigenvalue weighted by atomic mass is 79.9. The van der Waals surface area contributed by atoms with Gasteiger partial charge >= 0.3 is 0 Å². The summed E-state index contributed by atoms with van der Waals surface area (Å²) >= 11 is 3.38. The van der Waals surface area contributed by atoms with E-state index >= 15 is 0 Å². The summed E-state index contributed by atoms with van der Waals surface area (Å²) in [6, 6.07) is 12.8. The maximum atomic E-state index is 12.3. The number of carbonyl (C=O) groups is 1. The van der Waals surface area contributed by atoms with Crippen molar-refractivity contribution in [1.29, 1.82) is 0 Å². The Labute approximate surface area is 126 Å². The first-order chi connectivity index (χ1) is 9.49. The number of aliphatic hydroxyl groups excluding tert-OH is 1. The van der Waals surface area contributed by atoms with Gasteiger partial charge in [-0.2, -0.15) is 0 Å². The Morgan fingerprint density at radius 3 is 2.60 bits per heavy atom. The van der Waals surface area contributed by atoms with E-state index in [1.807, 2.05) is 31.2 Å². The van der Waals surface area contributed by atoms with Gasteiger partial charge in [0.25, 0.3) is 5.91 Å². The Kier molecular flexibility index (Phi) is 4.57. The number of aryl methyl sites for hydroxylation is 1. The Morgan fingerprint density at radius 2 is 1.95 bits per heavy atom. The number of carbonyl (C=O) groups excluding carboxylic acids is 1. The molecular weight excluding hydrogens is 318 g/mol. The van der Waals surface area contributed by atoms with E-state index in [4.69, 9.17) is 0 Å². The van der Waals surface area contributed by atoms with Crippen LogP contribution in [0.2, 0.25) is 0 Å². The number of para-hydroxylation sites is 1. The molecule has 104 valence electrons. The molecule has 4 heteroatoms. The lowest BCUT2D eigenvalue weighted by molar-refractivity contribution is 0.102. The number of rotatable bonds is 3. The van der Waals surface area contributed by atoms with Crippen molar-refractivity contribution in [2.45, 2.75) is 20.0 Å². The smallest absolute Gasteiger partial charge is 0.255 e. The van der Waals surface area contributed by atoms with E-state index in [2.05, 4.69) is 21.2 Å². The average molecular weight is 334 g/mol. The first-order valence-electron chi connectivity index (χ1n) is 6.33. The van der Waals surface area contributed by atoms with Crippen molar-refractivity contribution in [3.63, 3.8) is 0 Å². The van der Waals surface area contributed by atoms with Crippen LogP contribution in [0.3, 0.4) is 0 Å². The number of aliphatic hydroxyl groups is 1. The number of hydrogen-bond donors (Lipinski definition) is 2. The Balaban J connectivity index is 2.28. The molecule has 20 heavy (non-hydrogen) atoms. The van der Waals surface area contributed by atoms with Gasteiger partial charge in [0.05, 0.1) is 6.10 Å². The Bertz CT molecular complexity index is 638. The van der Waals surface area contributed by atoms with Crippen LogP contribution < -0.4 is 5.32 Å². The second-order valence-corrected chi connectivity index (χ2v) is 5.59. The van der Waals surface area contributed by atoms with Crippen molar-refractivity contribution in [3.05, 3.63) is 63.6 Å². The largest absolute Gasteiger partial charge is 0.389 e. The maximum absolute atomic E-state index is 12.3. The summed E-state index contributed by atoms with van der Waals surface area (Å²) in [5.74, 6) is -0.178. The SMILES string of the molecule is Cc1cc(Br)ccc1C(=O)Nc1ccccc1C(C)O. The molecule has 1 unspecified atom stereocenters. The van der Waals surface area contributed by atoms with E-state index in [1.165, 1.54) is 0 Å². The second-order valence-electron chi connectivity index (χ2n) is 4.68. The normalized spacial score (nSPS) is 12.0. The molecule has 2 aromatic carbocycles. The third-order valence-corrected chi connectivity index (χ3v) is 3.59. The Hall–Kier alpha value is -1.65. The lowest BCUT2D eigenvalue weighted by Crippen LogP contribution is -2.15. The lowest BCUT2D eigenvalue weighted by atomic mass is 10.1. The van der Waals surface area contributed by atoms with Gasteiger partial charge in [0, 0.05) is 21.3 Å². The van der Waals surface area contributed by atoms with Gasteiger partial charge in [0.15, 0.2) is 0 Å². The van der Waals surface area contributed by atoms with Gasteiger partial charge in [0.2, 0.25) is 0 Å². The molecule has 0 heterocycles. The zero-order chi connectivity index (χ0) is 14.7. The molecule has 0 aromatic heterocycles. The second kappa shape index (κ2) is 6.20. The van der Waals surface area contributed by atoms with E-state index < -0.39 is 6.10 Å². The highest BCUT2D eigenvalue weighted by Crippen LogP contribution is 2.23. The van der Waals surface area contributed by atoms with E-state index in [0.717, 1.165) is 10.0 Å². The van der Waals surface area contributed by atoms with Crippen LogP contribution in [0, 0.1) is 6.92 Å². The van der Waals surface area contributed by atoms with Crippen LogP contribution in [-0.2, 0) is 0 Å². The zero-order valence-electron chi connectivity index (χ0n) is 11.4. The standard InChI is InChI=1S/C16H16BrNO2/c1-10-9-12(17)7-8-13(10)16(20)18-15-6-4-3-5-14(15)11(2)19/h3-9,11,19H,1-2H3,(H,18,20). The molecule has 0 saturated heterocycles. The molecular formula is C16H16BrNO2. The van der Waals surface area contributed by atoms with E-state index in [9.17, 15) is 9.90 Å². The number of halogens is 1. The monoisotopic (exact) mass is 333 g/mol. The average Bonchev–Trinajstić information content (AvgIpc) is 2.38. The van der Waals surface area contributed by atoms with Crippen molar-refractivity contribution < 1.29 is 9.90 Å². The molecule has 2 aromatic rings. The fraction of sp³-hybridized carbons (Fsp3) is 0.188. The first kappa shape index (κ1) is 14.8. The fourth-order valence-corrected chi connectivity index (χ4v) is 2.52. The number of anilines is 1. The van der Waals surface area contributed by atoms with Gasteiger partial charge in [-0.1, -0.05) is 34.1 Å². The predicted molar refractivity (Wildman–Crippen MR) is 83.9 cm³/mol. The molecule has 1 amide bonds. The third-order valence-electron chi connectivity index (χ3n) is 3.09. The topological polar surface area (TPSA) is 49.3 Å². The fourth-order valence-electron chi connectivity index (χ4n) is 2.05. The van der Waals surface area contributed by atoms with Gasteiger partial charge in [0.1, 0.15) is 0 Å². The molecule has 0 aliphatic heterocycles. The van der Waals surface area contributed by atoms with Gasteiger partial charge < -0.3 is 10.4 Å². The molecule has 2 rings (SSSR count). The van der Waals surface area contributed by atoms with E-state index in [0.29, 0.717) is 16.8 Å². The summed E-state index contributed by atoms with van der Waals surface area (Å²) in [7, 11) is 0. The van der Waals surface area contributed by atoms with Crippen LogP contribution in [0.15, 0.2) is 46.9 Å². The van der Waals surface area contributed by atoms with E-state index in [-0.39, 0.29) is 5.91 Å². The number of benzene rings is 2. The minimum Gasteiger partial charge on any atom is -0.389 e. The molecule has 1 atom stereocenters. The lowest BCUT2D eigenvalue weighted by Gasteiger charge is -2.14.